The molecule has 0 fully saturated rings. The maximum absolute atomic E-state index is 12.1. The zero-order valence-electron chi connectivity index (χ0n) is 10.8. The van der Waals surface area contributed by atoms with Crippen molar-refractivity contribution in [1.82, 2.24) is 4.90 Å². The van der Waals surface area contributed by atoms with Crippen molar-refractivity contribution in [2.75, 3.05) is 19.3 Å². The molecule has 19 heavy (non-hydrogen) atoms. The molecule has 0 aliphatic heterocycles. The Bertz CT molecular complexity index is 417. The van der Waals surface area contributed by atoms with Gasteiger partial charge in [0.25, 0.3) is 0 Å². The summed E-state index contributed by atoms with van der Waals surface area (Å²) in [5.74, 6) is 0.168. The van der Waals surface area contributed by atoms with E-state index in [9.17, 15) is 18.0 Å². The molecule has 0 heterocycles. The van der Waals surface area contributed by atoms with Gasteiger partial charge in [-0.05, 0) is 12.5 Å². The normalized spacial score (nSPS) is 11.4. The lowest BCUT2D eigenvalue weighted by atomic mass is 10.2. The largest absolute Gasteiger partial charge is 0.406 e. The molecule has 0 saturated heterocycles. The molecule has 2 nitrogen and oxygen atoms in total. The van der Waals surface area contributed by atoms with Crippen molar-refractivity contribution >= 4 is 17.7 Å². The van der Waals surface area contributed by atoms with Gasteiger partial charge in [0.05, 0.1) is 5.75 Å². The number of alkyl halides is 3. The van der Waals surface area contributed by atoms with Gasteiger partial charge in [-0.15, -0.1) is 11.8 Å². The number of halogens is 3. The number of thioether (sulfide) groups is 1. The molecule has 1 aromatic carbocycles. The fraction of sp³-hybridized carbons (Fsp3) is 0.462. The maximum Gasteiger partial charge on any atom is 0.406 e. The molecule has 0 radical (unpaired) electrons. The zero-order valence-corrected chi connectivity index (χ0v) is 11.6. The second kappa shape index (κ2) is 6.84. The number of hydrogen-bond donors (Lipinski definition) is 0. The number of aryl methyl sites for hydroxylation is 1. The van der Waals surface area contributed by atoms with Gasteiger partial charge >= 0.3 is 6.18 Å². The number of carbonyl (C=O) groups excluding carboxylic acids is 1. The molecule has 0 unspecified atom stereocenters. The topological polar surface area (TPSA) is 20.3 Å². The summed E-state index contributed by atoms with van der Waals surface area (Å²) in [4.78, 5) is 12.2. The van der Waals surface area contributed by atoms with Crippen LogP contribution in [0.25, 0.3) is 0 Å². The SMILES string of the molecule is Cc1ccc(CSCC(=O)N(C)CC(F)(F)F)cc1. The molecule has 1 rings (SSSR count). The third kappa shape index (κ3) is 6.52. The van der Waals surface area contributed by atoms with Crippen molar-refractivity contribution in [2.24, 2.45) is 0 Å². The molecule has 0 saturated carbocycles. The monoisotopic (exact) mass is 291 g/mol. The van der Waals surface area contributed by atoms with Crippen LogP contribution in [0.2, 0.25) is 0 Å². The summed E-state index contributed by atoms with van der Waals surface area (Å²) in [5, 5.41) is 0. The summed E-state index contributed by atoms with van der Waals surface area (Å²) in [6.07, 6.45) is -4.34. The van der Waals surface area contributed by atoms with E-state index >= 15 is 0 Å². The molecule has 0 atom stereocenters. The Hall–Kier alpha value is -1.17. The standard InChI is InChI=1S/C13H16F3NOS/c1-10-3-5-11(6-4-10)7-19-8-12(18)17(2)9-13(14,15)16/h3-6H,7-9H2,1-2H3. The first-order chi connectivity index (χ1) is 8.78. The molecule has 0 spiro atoms. The van der Waals surface area contributed by atoms with E-state index in [2.05, 4.69) is 0 Å². The molecular weight excluding hydrogens is 275 g/mol. The molecule has 0 aliphatic rings. The minimum Gasteiger partial charge on any atom is -0.336 e. The number of carbonyl (C=O) groups is 1. The fourth-order valence-corrected chi connectivity index (χ4v) is 2.33. The summed E-state index contributed by atoms with van der Waals surface area (Å²) < 4.78 is 36.3. The summed E-state index contributed by atoms with van der Waals surface area (Å²) in [7, 11) is 1.17. The van der Waals surface area contributed by atoms with Gasteiger partial charge in [-0.3, -0.25) is 4.79 Å². The van der Waals surface area contributed by atoms with E-state index in [1.807, 2.05) is 31.2 Å². The first kappa shape index (κ1) is 15.9. The van der Waals surface area contributed by atoms with E-state index in [0.29, 0.717) is 10.7 Å². The van der Waals surface area contributed by atoms with Crippen LogP contribution in [0.5, 0.6) is 0 Å². The maximum atomic E-state index is 12.1. The van der Waals surface area contributed by atoms with E-state index in [0.717, 1.165) is 11.1 Å². The smallest absolute Gasteiger partial charge is 0.336 e. The predicted octanol–water partition coefficient (Wildman–Crippen LogP) is 3.25. The Balaban J connectivity index is 2.32. The van der Waals surface area contributed by atoms with Gasteiger partial charge in [-0.25, -0.2) is 0 Å². The highest BCUT2D eigenvalue weighted by molar-refractivity contribution is 7.99. The minimum atomic E-state index is -4.34. The average Bonchev–Trinajstić information content (AvgIpc) is 2.29. The second-order valence-corrected chi connectivity index (χ2v) is 5.33. The van der Waals surface area contributed by atoms with Crippen LogP contribution < -0.4 is 0 Å². The molecule has 0 aromatic heterocycles. The third-order valence-electron chi connectivity index (χ3n) is 2.46. The summed E-state index contributed by atoms with van der Waals surface area (Å²) in [6.45, 7) is 0.781. The van der Waals surface area contributed by atoms with Crippen LogP contribution in [0.3, 0.4) is 0 Å². The number of nitrogens with zero attached hydrogens (tertiary/aromatic N) is 1. The van der Waals surface area contributed by atoms with Crippen molar-refractivity contribution < 1.29 is 18.0 Å². The van der Waals surface area contributed by atoms with E-state index in [1.54, 1.807) is 0 Å². The van der Waals surface area contributed by atoms with Crippen LogP contribution in [0, 0.1) is 6.92 Å². The van der Waals surface area contributed by atoms with Crippen molar-refractivity contribution in [2.45, 2.75) is 18.9 Å². The number of benzene rings is 1. The summed E-state index contributed by atoms with van der Waals surface area (Å²) >= 11 is 1.32. The Morgan fingerprint density at radius 2 is 1.84 bits per heavy atom. The predicted molar refractivity (Wildman–Crippen MR) is 71.0 cm³/mol. The third-order valence-corrected chi connectivity index (χ3v) is 3.45. The first-order valence-electron chi connectivity index (χ1n) is 5.72. The Morgan fingerprint density at radius 3 is 2.37 bits per heavy atom. The first-order valence-corrected chi connectivity index (χ1v) is 6.87. The lowest BCUT2D eigenvalue weighted by Crippen LogP contribution is -2.36. The fourth-order valence-electron chi connectivity index (χ4n) is 1.41. The number of hydrogen-bond acceptors (Lipinski definition) is 2. The highest BCUT2D eigenvalue weighted by Gasteiger charge is 2.30. The van der Waals surface area contributed by atoms with Crippen molar-refractivity contribution in [3.8, 4) is 0 Å². The number of amides is 1. The molecule has 0 N–H and O–H groups in total. The molecule has 1 aromatic rings. The van der Waals surface area contributed by atoms with E-state index in [4.69, 9.17) is 0 Å². The van der Waals surface area contributed by atoms with Crippen molar-refractivity contribution in [1.29, 1.82) is 0 Å². The van der Waals surface area contributed by atoms with Crippen molar-refractivity contribution in [3.63, 3.8) is 0 Å². The van der Waals surface area contributed by atoms with Gasteiger partial charge in [-0.1, -0.05) is 29.8 Å². The summed E-state index contributed by atoms with van der Waals surface area (Å²) in [5.41, 5.74) is 2.21. The van der Waals surface area contributed by atoms with E-state index in [-0.39, 0.29) is 5.75 Å². The van der Waals surface area contributed by atoms with Crippen LogP contribution in [0.4, 0.5) is 13.2 Å². The minimum absolute atomic E-state index is 0.0560. The zero-order chi connectivity index (χ0) is 14.5. The molecule has 0 aliphatic carbocycles. The lowest BCUT2D eigenvalue weighted by molar-refractivity contribution is -0.156. The van der Waals surface area contributed by atoms with Gasteiger partial charge in [0.1, 0.15) is 6.54 Å². The molecule has 0 bridgehead atoms. The van der Waals surface area contributed by atoms with Crippen LogP contribution in [0.1, 0.15) is 11.1 Å². The molecule has 6 heteroatoms. The van der Waals surface area contributed by atoms with E-state index in [1.165, 1.54) is 18.8 Å². The van der Waals surface area contributed by atoms with Gasteiger partial charge in [0.2, 0.25) is 5.91 Å². The summed E-state index contributed by atoms with van der Waals surface area (Å²) in [6, 6.07) is 7.83. The van der Waals surface area contributed by atoms with Gasteiger partial charge in [0.15, 0.2) is 0 Å². The lowest BCUT2D eigenvalue weighted by Gasteiger charge is -2.18. The molecule has 1 amide bonds. The highest BCUT2D eigenvalue weighted by Crippen LogP contribution is 2.17. The van der Waals surface area contributed by atoms with E-state index < -0.39 is 18.6 Å². The highest BCUT2D eigenvalue weighted by atomic mass is 32.2. The van der Waals surface area contributed by atoms with Crippen LogP contribution in [0.15, 0.2) is 24.3 Å². The Labute approximate surface area is 115 Å². The van der Waals surface area contributed by atoms with Gasteiger partial charge < -0.3 is 4.90 Å². The van der Waals surface area contributed by atoms with Crippen LogP contribution in [-0.2, 0) is 10.5 Å². The molecule has 106 valence electrons. The van der Waals surface area contributed by atoms with Gasteiger partial charge in [0, 0.05) is 12.8 Å². The quantitative estimate of drug-likeness (QED) is 0.830. The second-order valence-electron chi connectivity index (χ2n) is 4.34. The number of rotatable bonds is 5. The Kier molecular flexibility index (Phi) is 5.72. The van der Waals surface area contributed by atoms with Crippen molar-refractivity contribution in [3.05, 3.63) is 35.4 Å². The van der Waals surface area contributed by atoms with Gasteiger partial charge in [-0.2, -0.15) is 13.2 Å². The average molecular weight is 291 g/mol. The van der Waals surface area contributed by atoms with Crippen LogP contribution >= 0.6 is 11.8 Å². The Morgan fingerprint density at radius 1 is 1.26 bits per heavy atom. The van der Waals surface area contributed by atoms with Crippen LogP contribution in [-0.4, -0.2) is 36.3 Å². The molecular formula is C13H16F3NOS.